The molecular formula is C16H19F3N2O2. The van der Waals surface area contributed by atoms with Crippen molar-refractivity contribution in [3.05, 3.63) is 29.8 Å². The molecule has 0 saturated heterocycles. The van der Waals surface area contributed by atoms with Crippen LogP contribution in [0.3, 0.4) is 0 Å². The summed E-state index contributed by atoms with van der Waals surface area (Å²) < 4.78 is 38.5. The molecule has 23 heavy (non-hydrogen) atoms. The number of benzene rings is 1. The van der Waals surface area contributed by atoms with Crippen molar-refractivity contribution in [2.45, 2.75) is 38.3 Å². The van der Waals surface area contributed by atoms with Crippen molar-refractivity contribution < 1.29 is 22.8 Å². The summed E-state index contributed by atoms with van der Waals surface area (Å²) in [4.78, 5) is 23.7. The zero-order valence-corrected chi connectivity index (χ0v) is 12.6. The molecule has 1 aromatic rings. The number of carbonyl (C=O) groups is 2. The van der Waals surface area contributed by atoms with E-state index < -0.39 is 17.6 Å². The molecule has 0 aromatic heterocycles. The Labute approximate surface area is 132 Å². The van der Waals surface area contributed by atoms with Gasteiger partial charge >= 0.3 is 6.18 Å². The molecule has 7 heteroatoms. The number of alkyl halides is 3. The van der Waals surface area contributed by atoms with E-state index in [1.165, 1.54) is 18.2 Å². The van der Waals surface area contributed by atoms with Gasteiger partial charge in [0.2, 0.25) is 11.8 Å². The van der Waals surface area contributed by atoms with Gasteiger partial charge in [0.25, 0.3) is 0 Å². The Hall–Kier alpha value is -2.05. The van der Waals surface area contributed by atoms with E-state index in [0.717, 1.165) is 38.2 Å². The smallest absolute Gasteiger partial charge is 0.347 e. The molecular weight excluding hydrogens is 309 g/mol. The van der Waals surface area contributed by atoms with Gasteiger partial charge in [-0.1, -0.05) is 31.4 Å². The van der Waals surface area contributed by atoms with Crippen molar-refractivity contribution in [3.8, 4) is 0 Å². The highest BCUT2D eigenvalue weighted by atomic mass is 19.4. The summed E-state index contributed by atoms with van der Waals surface area (Å²) in [6.45, 7) is -0.332. The molecule has 2 N–H and O–H groups in total. The van der Waals surface area contributed by atoms with E-state index in [1.807, 2.05) is 0 Å². The van der Waals surface area contributed by atoms with Gasteiger partial charge in [-0.25, -0.2) is 0 Å². The summed E-state index contributed by atoms with van der Waals surface area (Å²) >= 11 is 0. The van der Waals surface area contributed by atoms with Gasteiger partial charge in [-0.15, -0.1) is 0 Å². The highest BCUT2D eigenvalue weighted by Crippen LogP contribution is 2.34. The lowest BCUT2D eigenvalue weighted by atomic mass is 9.89. The lowest BCUT2D eigenvalue weighted by molar-refractivity contribution is -0.137. The minimum atomic E-state index is -4.55. The van der Waals surface area contributed by atoms with E-state index in [9.17, 15) is 22.8 Å². The quantitative estimate of drug-likeness (QED) is 0.890. The number of anilines is 1. The zero-order valence-electron chi connectivity index (χ0n) is 12.6. The first kappa shape index (κ1) is 17.3. The highest BCUT2D eigenvalue weighted by molar-refractivity contribution is 5.95. The van der Waals surface area contributed by atoms with Crippen LogP contribution in [-0.2, 0) is 15.8 Å². The Morgan fingerprint density at radius 1 is 1.09 bits per heavy atom. The highest BCUT2D eigenvalue weighted by Gasteiger charge is 2.33. The van der Waals surface area contributed by atoms with Gasteiger partial charge in [-0.3, -0.25) is 9.59 Å². The third-order valence-electron chi connectivity index (χ3n) is 3.91. The summed E-state index contributed by atoms with van der Waals surface area (Å²) in [5.74, 6) is -0.978. The summed E-state index contributed by atoms with van der Waals surface area (Å²) in [6.07, 6.45) is 0.134. The first-order valence-electron chi connectivity index (χ1n) is 7.61. The fourth-order valence-corrected chi connectivity index (χ4v) is 2.71. The Morgan fingerprint density at radius 3 is 2.39 bits per heavy atom. The second-order valence-electron chi connectivity index (χ2n) is 5.64. The number of rotatable bonds is 4. The molecule has 1 aliphatic carbocycles. The average molecular weight is 328 g/mol. The molecule has 2 rings (SSSR count). The molecule has 0 spiro atoms. The number of amides is 2. The maximum atomic E-state index is 12.8. The van der Waals surface area contributed by atoms with Crippen molar-refractivity contribution in [3.63, 3.8) is 0 Å². The first-order valence-corrected chi connectivity index (χ1v) is 7.61. The Balaban J connectivity index is 1.89. The molecule has 1 aromatic carbocycles. The largest absolute Gasteiger partial charge is 0.418 e. The second-order valence-corrected chi connectivity index (χ2v) is 5.64. The number of carbonyl (C=O) groups excluding carboxylic acids is 2. The fraction of sp³-hybridized carbons (Fsp3) is 0.500. The molecule has 2 amide bonds. The number of para-hydroxylation sites is 1. The van der Waals surface area contributed by atoms with E-state index >= 15 is 0 Å². The van der Waals surface area contributed by atoms with Crippen LogP contribution in [0.25, 0.3) is 0 Å². The van der Waals surface area contributed by atoms with Gasteiger partial charge in [0.1, 0.15) is 0 Å². The van der Waals surface area contributed by atoms with Crippen LogP contribution >= 0.6 is 0 Å². The van der Waals surface area contributed by atoms with Gasteiger partial charge in [0.15, 0.2) is 0 Å². The standard InChI is InChI=1S/C16H19F3N2O2/c17-16(18,19)12-8-4-5-9-13(12)21-14(22)10-20-15(23)11-6-2-1-3-7-11/h4-5,8-9,11H,1-3,6-7,10H2,(H,20,23)(H,21,22). The van der Waals surface area contributed by atoms with E-state index in [-0.39, 0.29) is 24.1 Å². The molecule has 0 unspecified atom stereocenters. The van der Waals surface area contributed by atoms with Crippen molar-refractivity contribution in [2.75, 3.05) is 11.9 Å². The topological polar surface area (TPSA) is 58.2 Å². The van der Waals surface area contributed by atoms with E-state index in [2.05, 4.69) is 10.6 Å². The molecule has 1 fully saturated rings. The van der Waals surface area contributed by atoms with Crippen molar-refractivity contribution >= 4 is 17.5 Å². The Kier molecular flexibility index (Phi) is 5.63. The number of hydrogen-bond donors (Lipinski definition) is 2. The van der Waals surface area contributed by atoms with Crippen LogP contribution in [0.2, 0.25) is 0 Å². The van der Waals surface area contributed by atoms with Crippen LogP contribution in [0.1, 0.15) is 37.7 Å². The third kappa shape index (κ3) is 4.97. The van der Waals surface area contributed by atoms with Crippen LogP contribution in [-0.4, -0.2) is 18.4 Å². The molecule has 0 bridgehead atoms. The van der Waals surface area contributed by atoms with Gasteiger partial charge in [0.05, 0.1) is 17.8 Å². The number of nitrogens with one attached hydrogen (secondary N) is 2. The molecule has 0 atom stereocenters. The fourth-order valence-electron chi connectivity index (χ4n) is 2.71. The second kappa shape index (κ2) is 7.48. The Morgan fingerprint density at radius 2 is 1.74 bits per heavy atom. The summed E-state index contributed by atoms with van der Waals surface area (Å²) in [5, 5.41) is 4.70. The first-order chi connectivity index (χ1) is 10.9. The third-order valence-corrected chi connectivity index (χ3v) is 3.91. The Bertz CT molecular complexity index is 567. The maximum Gasteiger partial charge on any atom is 0.418 e. The van der Waals surface area contributed by atoms with Crippen molar-refractivity contribution in [2.24, 2.45) is 5.92 Å². The van der Waals surface area contributed by atoms with Crippen LogP contribution < -0.4 is 10.6 Å². The number of halogens is 3. The minimum absolute atomic E-state index is 0.0981. The summed E-state index contributed by atoms with van der Waals surface area (Å²) in [7, 11) is 0. The van der Waals surface area contributed by atoms with Crippen molar-refractivity contribution in [1.82, 2.24) is 5.32 Å². The normalized spacial score (nSPS) is 16.0. The van der Waals surface area contributed by atoms with Gasteiger partial charge in [-0.05, 0) is 25.0 Å². The molecule has 0 heterocycles. The van der Waals surface area contributed by atoms with Gasteiger partial charge < -0.3 is 10.6 Å². The van der Waals surface area contributed by atoms with Gasteiger partial charge in [0, 0.05) is 5.92 Å². The molecule has 0 aliphatic heterocycles. The average Bonchev–Trinajstić information content (AvgIpc) is 2.53. The molecule has 4 nitrogen and oxygen atoms in total. The number of hydrogen-bond acceptors (Lipinski definition) is 2. The van der Waals surface area contributed by atoms with Crippen LogP contribution in [0.15, 0.2) is 24.3 Å². The lowest BCUT2D eigenvalue weighted by Crippen LogP contribution is -2.37. The minimum Gasteiger partial charge on any atom is -0.347 e. The summed E-state index contributed by atoms with van der Waals surface area (Å²) in [6, 6.07) is 4.74. The van der Waals surface area contributed by atoms with Crippen LogP contribution in [0, 0.1) is 5.92 Å². The van der Waals surface area contributed by atoms with E-state index in [1.54, 1.807) is 0 Å². The molecule has 0 radical (unpaired) electrons. The van der Waals surface area contributed by atoms with Crippen molar-refractivity contribution in [1.29, 1.82) is 0 Å². The molecule has 126 valence electrons. The molecule has 1 saturated carbocycles. The zero-order chi connectivity index (χ0) is 16.9. The van der Waals surface area contributed by atoms with Gasteiger partial charge in [-0.2, -0.15) is 13.2 Å². The van der Waals surface area contributed by atoms with E-state index in [0.29, 0.717) is 0 Å². The molecule has 1 aliphatic rings. The predicted octanol–water partition coefficient (Wildman–Crippen LogP) is 3.34. The van der Waals surface area contributed by atoms with Crippen LogP contribution in [0.4, 0.5) is 18.9 Å². The monoisotopic (exact) mass is 328 g/mol. The maximum absolute atomic E-state index is 12.8. The van der Waals surface area contributed by atoms with E-state index in [4.69, 9.17) is 0 Å². The predicted molar refractivity (Wildman–Crippen MR) is 79.7 cm³/mol. The summed E-state index contributed by atoms with van der Waals surface area (Å²) in [5.41, 5.74) is -1.22. The van der Waals surface area contributed by atoms with Crippen LogP contribution in [0.5, 0.6) is 0 Å². The lowest BCUT2D eigenvalue weighted by Gasteiger charge is -2.20. The SMILES string of the molecule is O=C(CNC(=O)C1CCCCC1)Nc1ccccc1C(F)(F)F.